The molecule has 0 aliphatic heterocycles. The first-order valence-corrected chi connectivity index (χ1v) is 9.15. The van der Waals surface area contributed by atoms with E-state index in [2.05, 4.69) is 15.0 Å². The second kappa shape index (κ2) is 7.08. The zero-order chi connectivity index (χ0) is 16.2. The van der Waals surface area contributed by atoms with Crippen molar-refractivity contribution in [2.75, 3.05) is 12.4 Å². The first kappa shape index (κ1) is 16.7. The average molecular weight is 341 g/mol. The topological polar surface area (TPSA) is 80.3 Å². The molecule has 120 valence electrons. The van der Waals surface area contributed by atoms with Crippen molar-refractivity contribution < 1.29 is 13.2 Å². The predicted molar refractivity (Wildman–Crippen MR) is 87.9 cm³/mol. The van der Waals surface area contributed by atoms with Crippen LogP contribution in [0.25, 0.3) is 0 Å². The van der Waals surface area contributed by atoms with Crippen molar-refractivity contribution in [2.24, 2.45) is 0 Å². The maximum absolute atomic E-state index is 12.2. The lowest BCUT2D eigenvalue weighted by molar-refractivity contribution is 0.242. The van der Waals surface area contributed by atoms with Crippen LogP contribution in [-0.4, -0.2) is 26.6 Å². The molecule has 0 unspecified atom stereocenters. The Balaban J connectivity index is 2.03. The van der Waals surface area contributed by atoms with Crippen molar-refractivity contribution in [3.05, 3.63) is 35.3 Å². The van der Waals surface area contributed by atoms with E-state index in [1.165, 1.54) is 23.5 Å². The largest absolute Gasteiger partial charge is 0.491 e. The van der Waals surface area contributed by atoms with Gasteiger partial charge < -0.3 is 10.1 Å². The van der Waals surface area contributed by atoms with Crippen LogP contribution in [0.5, 0.6) is 5.75 Å². The summed E-state index contributed by atoms with van der Waals surface area (Å²) in [5.74, 6) is 0.645. The zero-order valence-corrected chi connectivity index (χ0v) is 14.3. The van der Waals surface area contributed by atoms with E-state index in [9.17, 15) is 8.42 Å². The molecule has 0 fully saturated rings. The van der Waals surface area contributed by atoms with Gasteiger partial charge in [0.05, 0.1) is 23.2 Å². The Morgan fingerprint density at radius 1 is 1.27 bits per heavy atom. The summed E-state index contributed by atoms with van der Waals surface area (Å²) >= 11 is 1.43. The van der Waals surface area contributed by atoms with E-state index < -0.39 is 10.0 Å². The van der Waals surface area contributed by atoms with Gasteiger partial charge in [0.1, 0.15) is 5.75 Å². The first-order chi connectivity index (χ1) is 10.4. The molecular formula is C14H19N3O3S2. The summed E-state index contributed by atoms with van der Waals surface area (Å²) in [7, 11) is -1.79. The highest BCUT2D eigenvalue weighted by Crippen LogP contribution is 2.18. The van der Waals surface area contributed by atoms with Crippen LogP contribution in [-0.2, 0) is 16.6 Å². The second-order valence-electron chi connectivity index (χ2n) is 4.86. The molecule has 1 heterocycles. The van der Waals surface area contributed by atoms with Crippen LogP contribution in [0.2, 0.25) is 0 Å². The predicted octanol–water partition coefficient (Wildman–Crippen LogP) is 2.45. The molecule has 1 aromatic heterocycles. The molecule has 0 aliphatic rings. The maximum atomic E-state index is 12.2. The highest BCUT2D eigenvalue weighted by molar-refractivity contribution is 7.89. The summed E-state index contributed by atoms with van der Waals surface area (Å²) in [6, 6.07) is 6.35. The summed E-state index contributed by atoms with van der Waals surface area (Å²) in [6.45, 7) is 3.99. The van der Waals surface area contributed by atoms with Gasteiger partial charge in [-0.1, -0.05) is 0 Å². The summed E-state index contributed by atoms with van der Waals surface area (Å²) in [4.78, 5) is 4.43. The molecule has 0 saturated carbocycles. The number of hydrogen-bond donors (Lipinski definition) is 2. The molecule has 2 aromatic rings. The molecule has 2 N–H and O–H groups in total. The smallest absolute Gasteiger partial charge is 0.240 e. The van der Waals surface area contributed by atoms with E-state index in [4.69, 9.17) is 4.74 Å². The summed E-state index contributed by atoms with van der Waals surface area (Å²) in [5.41, 5.74) is 0.678. The number of sulfonamides is 1. The fraction of sp³-hybridized carbons (Fsp3) is 0.357. The van der Waals surface area contributed by atoms with E-state index in [0.29, 0.717) is 11.4 Å². The fourth-order valence-corrected chi connectivity index (χ4v) is 3.40. The van der Waals surface area contributed by atoms with Gasteiger partial charge in [-0.05, 0) is 38.1 Å². The molecule has 0 radical (unpaired) electrons. The highest BCUT2D eigenvalue weighted by Gasteiger charge is 2.14. The van der Waals surface area contributed by atoms with Gasteiger partial charge in [0.25, 0.3) is 0 Å². The lowest BCUT2D eigenvalue weighted by atomic mass is 10.3. The second-order valence-corrected chi connectivity index (χ2v) is 7.48. The lowest BCUT2D eigenvalue weighted by Gasteiger charge is -2.10. The number of hydrogen-bond acceptors (Lipinski definition) is 6. The normalized spacial score (nSPS) is 11.6. The van der Waals surface area contributed by atoms with Crippen molar-refractivity contribution in [1.29, 1.82) is 0 Å². The molecular weight excluding hydrogens is 322 g/mol. The van der Waals surface area contributed by atoms with E-state index in [1.807, 2.05) is 19.2 Å². The minimum Gasteiger partial charge on any atom is -0.491 e. The van der Waals surface area contributed by atoms with Gasteiger partial charge in [-0.25, -0.2) is 18.1 Å². The lowest BCUT2D eigenvalue weighted by Crippen LogP contribution is -2.23. The SMILES string of the molecule is CNc1nc(CNS(=O)(=O)c2ccc(OC(C)C)cc2)cs1. The van der Waals surface area contributed by atoms with Crippen LogP contribution in [0.4, 0.5) is 5.13 Å². The third-order valence-corrected chi connectivity index (χ3v) is 5.04. The Morgan fingerprint density at radius 3 is 2.50 bits per heavy atom. The van der Waals surface area contributed by atoms with Gasteiger partial charge in [-0.15, -0.1) is 11.3 Å². The third kappa shape index (κ3) is 4.43. The summed E-state index contributed by atoms with van der Waals surface area (Å²) in [5, 5.41) is 5.48. The number of benzene rings is 1. The minimum absolute atomic E-state index is 0.0478. The van der Waals surface area contributed by atoms with Gasteiger partial charge in [-0.3, -0.25) is 0 Å². The first-order valence-electron chi connectivity index (χ1n) is 6.79. The Morgan fingerprint density at radius 2 is 1.95 bits per heavy atom. The number of aromatic nitrogens is 1. The van der Waals surface area contributed by atoms with Crippen LogP contribution in [0, 0.1) is 0 Å². The standard InChI is InChI=1S/C14H19N3O3S2/c1-10(2)20-12-4-6-13(7-5-12)22(18,19)16-8-11-9-21-14(15-3)17-11/h4-7,9-10,16H,8H2,1-3H3,(H,15,17). The molecule has 0 spiro atoms. The number of nitrogens with one attached hydrogen (secondary N) is 2. The Kier molecular flexibility index (Phi) is 5.38. The van der Waals surface area contributed by atoms with Crippen LogP contribution in [0.15, 0.2) is 34.5 Å². The van der Waals surface area contributed by atoms with Crippen molar-refractivity contribution in [3.63, 3.8) is 0 Å². The van der Waals surface area contributed by atoms with Crippen LogP contribution in [0.1, 0.15) is 19.5 Å². The van der Waals surface area contributed by atoms with Gasteiger partial charge >= 0.3 is 0 Å². The van der Waals surface area contributed by atoms with E-state index in [-0.39, 0.29) is 17.5 Å². The molecule has 6 nitrogen and oxygen atoms in total. The van der Waals surface area contributed by atoms with Crippen molar-refractivity contribution in [3.8, 4) is 5.75 Å². The van der Waals surface area contributed by atoms with Crippen molar-refractivity contribution in [1.82, 2.24) is 9.71 Å². The van der Waals surface area contributed by atoms with Crippen molar-refractivity contribution in [2.45, 2.75) is 31.4 Å². The van der Waals surface area contributed by atoms with Gasteiger partial charge in [0.15, 0.2) is 5.13 Å². The number of nitrogens with zero attached hydrogens (tertiary/aromatic N) is 1. The molecule has 0 bridgehead atoms. The number of anilines is 1. The van der Waals surface area contributed by atoms with Crippen molar-refractivity contribution >= 4 is 26.5 Å². The Bertz CT molecular complexity index is 709. The molecule has 0 atom stereocenters. The van der Waals surface area contributed by atoms with Crippen LogP contribution >= 0.6 is 11.3 Å². The average Bonchev–Trinajstić information content (AvgIpc) is 2.93. The van der Waals surface area contributed by atoms with Crippen LogP contribution < -0.4 is 14.8 Å². The number of thiazole rings is 1. The summed E-state index contributed by atoms with van der Waals surface area (Å²) in [6.07, 6.45) is 0.0478. The summed E-state index contributed by atoms with van der Waals surface area (Å²) < 4.78 is 32.5. The minimum atomic E-state index is -3.56. The molecule has 0 saturated heterocycles. The van der Waals surface area contributed by atoms with Gasteiger partial charge in [0.2, 0.25) is 10.0 Å². The number of rotatable bonds is 7. The molecule has 8 heteroatoms. The Labute approximate surface area is 134 Å². The molecule has 1 aromatic carbocycles. The van der Waals surface area contributed by atoms with Gasteiger partial charge in [-0.2, -0.15) is 0 Å². The Hall–Kier alpha value is -1.64. The molecule has 2 rings (SSSR count). The van der Waals surface area contributed by atoms with E-state index >= 15 is 0 Å². The maximum Gasteiger partial charge on any atom is 0.240 e. The van der Waals surface area contributed by atoms with E-state index in [0.717, 1.165) is 5.13 Å². The van der Waals surface area contributed by atoms with Crippen LogP contribution in [0.3, 0.4) is 0 Å². The zero-order valence-electron chi connectivity index (χ0n) is 12.7. The molecule has 0 aliphatic carbocycles. The van der Waals surface area contributed by atoms with E-state index in [1.54, 1.807) is 19.2 Å². The molecule has 22 heavy (non-hydrogen) atoms. The monoisotopic (exact) mass is 341 g/mol. The quantitative estimate of drug-likeness (QED) is 0.808. The number of ether oxygens (including phenoxy) is 1. The third-order valence-electron chi connectivity index (χ3n) is 2.71. The highest BCUT2D eigenvalue weighted by atomic mass is 32.2. The van der Waals surface area contributed by atoms with Gasteiger partial charge in [0, 0.05) is 12.4 Å². The fourth-order valence-electron chi connectivity index (χ4n) is 1.72. The molecule has 0 amide bonds.